The molecule has 1 rings (SSSR count). The van der Waals surface area contributed by atoms with Gasteiger partial charge in [-0.15, -0.1) is 10.2 Å². The number of hydrogen-bond donors (Lipinski definition) is 0. The van der Waals surface area contributed by atoms with Crippen LogP contribution in [0, 0.1) is 5.41 Å². The maximum absolute atomic E-state index is 5.88. The van der Waals surface area contributed by atoms with Gasteiger partial charge in [0.15, 0.2) is 11.0 Å². The summed E-state index contributed by atoms with van der Waals surface area (Å²) >= 11 is 11.5. The van der Waals surface area contributed by atoms with E-state index in [2.05, 4.69) is 36.0 Å². The zero-order valence-electron chi connectivity index (χ0n) is 9.25. The first-order valence-corrected chi connectivity index (χ1v) is 5.32. The lowest BCUT2D eigenvalue weighted by molar-refractivity contribution is 0.417. The Morgan fingerprint density at radius 2 is 1.80 bits per heavy atom. The van der Waals surface area contributed by atoms with Crippen molar-refractivity contribution in [3.8, 4) is 0 Å². The molecule has 84 valence electrons. The van der Waals surface area contributed by atoms with Crippen molar-refractivity contribution in [2.24, 2.45) is 5.41 Å². The van der Waals surface area contributed by atoms with Crippen LogP contribution in [-0.2, 0) is 0 Å². The predicted molar refractivity (Wildman–Crippen MR) is 62.6 cm³/mol. The van der Waals surface area contributed by atoms with Crippen molar-refractivity contribution in [3.05, 3.63) is 10.4 Å². The fourth-order valence-corrected chi connectivity index (χ4v) is 1.66. The van der Waals surface area contributed by atoms with Crippen LogP contribution in [0.3, 0.4) is 0 Å². The summed E-state index contributed by atoms with van der Waals surface area (Å²) in [6, 6.07) is 0. The van der Waals surface area contributed by atoms with Gasteiger partial charge in [-0.05, 0) is 17.0 Å². The largest absolute Gasteiger partial charge is 0.356 e. The summed E-state index contributed by atoms with van der Waals surface area (Å²) < 4.78 is 0. The van der Waals surface area contributed by atoms with Crippen molar-refractivity contribution in [2.75, 3.05) is 18.5 Å². The van der Waals surface area contributed by atoms with Crippen molar-refractivity contribution in [2.45, 2.75) is 20.8 Å². The zero-order chi connectivity index (χ0) is 11.6. The second-order valence-electron chi connectivity index (χ2n) is 4.61. The lowest BCUT2D eigenvalue weighted by Crippen LogP contribution is -2.30. The fraction of sp³-hybridized carbons (Fsp3) is 0.667. The monoisotopic (exact) mass is 248 g/mol. The quantitative estimate of drug-likeness (QED) is 0.808. The minimum atomic E-state index is 0.107. The van der Waals surface area contributed by atoms with E-state index in [0.29, 0.717) is 5.82 Å². The van der Waals surface area contributed by atoms with Gasteiger partial charge in [-0.2, -0.15) is 4.98 Å². The summed E-state index contributed by atoms with van der Waals surface area (Å²) in [7, 11) is 1.90. The van der Waals surface area contributed by atoms with Crippen molar-refractivity contribution in [1.82, 2.24) is 15.2 Å². The Kier molecular flexibility index (Phi) is 3.73. The second kappa shape index (κ2) is 4.49. The van der Waals surface area contributed by atoms with Crippen molar-refractivity contribution in [1.29, 1.82) is 0 Å². The van der Waals surface area contributed by atoms with Crippen LogP contribution in [-0.4, -0.2) is 28.8 Å². The van der Waals surface area contributed by atoms with E-state index in [0.717, 1.165) is 6.54 Å². The minimum Gasteiger partial charge on any atom is -0.356 e. The van der Waals surface area contributed by atoms with Gasteiger partial charge in [0, 0.05) is 13.6 Å². The number of hydrogen-bond acceptors (Lipinski definition) is 4. The topological polar surface area (TPSA) is 41.9 Å². The van der Waals surface area contributed by atoms with Gasteiger partial charge >= 0.3 is 0 Å². The molecule has 0 aliphatic carbocycles. The number of rotatable bonds is 2. The van der Waals surface area contributed by atoms with Gasteiger partial charge in [0.2, 0.25) is 5.28 Å². The molecule has 1 aromatic rings. The maximum atomic E-state index is 5.88. The van der Waals surface area contributed by atoms with Gasteiger partial charge in [-0.3, -0.25) is 0 Å². The summed E-state index contributed by atoms with van der Waals surface area (Å²) in [5.74, 6) is 0.562. The Labute approximate surface area is 99.6 Å². The van der Waals surface area contributed by atoms with Crippen LogP contribution < -0.4 is 4.90 Å². The molecule has 0 radical (unpaired) electrons. The predicted octanol–water partition coefficient (Wildman–Crippen LogP) is 2.66. The summed E-state index contributed by atoms with van der Waals surface area (Å²) in [6.07, 6.45) is 0. The number of aromatic nitrogens is 3. The van der Waals surface area contributed by atoms with E-state index < -0.39 is 0 Å². The number of nitrogens with zero attached hydrogens (tertiary/aromatic N) is 4. The highest BCUT2D eigenvalue weighted by Crippen LogP contribution is 2.24. The minimum absolute atomic E-state index is 0.107. The SMILES string of the molecule is CN(CC(C)(C)C)c1nc(Cl)nnc1Cl. The lowest BCUT2D eigenvalue weighted by Gasteiger charge is -2.27. The van der Waals surface area contributed by atoms with Gasteiger partial charge in [0.05, 0.1) is 0 Å². The normalized spacial score (nSPS) is 11.6. The molecule has 0 saturated carbocycles. The van der Waals surface area contributed by atoms with E-state index in [1.807, 2.05) is 11.9 Å². The summed E-state index contributed by atoms with van der Waals surface area (Å²) in [4.78, 5) is 5.96. The van der Waals surface area contributed by atoms with Crippen molar-refractivity contribution >= 4 is 29.0 Å². The molecule has 0 aromatic carbocycles. The van der Waals surface area contributed by atoms with E-state index in [4.69, 9.17) is 23.2 Å². The zero-order valence-corrected chi connectivity index (χ0v) is 10.8. The third-order valence-electron chi connectivity index (χ3n) is 1.68. The van der Waals surface area contributed by atoms with Crippen molar-refractivity contribution < 1.29 is 0 Å². The molecule has 0 aliphatic rings. The van der Waals surface area contributed by atoms with Crippen LogP contribution in [0.5, 0.6) is 0 Å². The molecule has 6 heteroatoms. The first-order chi connectivity index (χ1) is 6.79. The second-order valence-corrected chi connectivity index (χ2v) is 5.31. The third kappa shape index (κ3) is 3.80. The van der Waals surface area contributed by atoms with Crippen LogP contribution in [0.25, 0.3) is 0 Å². The smallest absolute Gasteiger partial charge is 0.245 e. The Morgan fingerprint density at radius 3 is 2.33 bits per heavy atom. The Balaban J connectivity index is 2.90. The molecule has 0 bridgehead atoms. The van der Waals surface area contributed by atoms with E-state index >= 15 is 0 Å². The van der Waals surface area contributed by atoms with Crippen LogP contribution in [0.2, 0.25) is 10.4 Å². The lowest BCUT2D eigenvalue weighted by atomic mass is 9.96. The average molecular weight is 249 g/mol. The van der Waals surface area contributed by atoms with E-state index in [1.165, 1.54) is 0 Å². The Bertz CT molecular complexity index is 348. The summed E-state index contributed by atoms with van der Waals surface area (Å²) in [5, 5.41) is 7.65. The molecule has 0 unspecified atom stereocenters. The maximum Gasteiger partial charge on any atom is 0.245 e. The Hall–Kier alpha value is -0.610. The highest BCUT2D eigenvalue weighted by atomic mass is 35.5. The molecule has 15 heavy (non-hydrogen) atoms. The average Bonchev–Trinajstić information content (AvgIpc) is 2.06. The Morgan fingerprint density at radius 1 is 1.20 bits per heavy atom. The molecular weight excluding hydrogens is 235 g/mol. The van der Waals surface area contributed by atoms with E-state index in [1.54, 1.807) is 0 Å². The fourth-order valence-electron chi connectivity index (χ4n) is 1.32. The summed E-state index contributed by atoms with van der Waals surface area (Å²) in [6.45, 7) is 7.20. The number of anilines is 1. The van der Waals surface area contributed by atoms with E-state index in [-0.39, 0.29) is 15.9 Å². The molecule has 0 N–H and O–H groups in total. The summed E-state index contributed by atoms with van der Waals surface area (Å²) in [5.41, 5.74) is 0.148. The van der Waals surface area contributed by atoms with Gasteiger partial charge in [0.1, 0.15) is 0 Å². The molecule has 0 aliphatic heterocycles. The van der Waals surface area contributed by atoms with Gasteiger partial charge in [-0.25, -0.2) is 0 Å². The highest BCUT2D eigenvalue weighted by Gasteiger charge is 2.17. The first-order valence-electron chi connectivity index (χ1n) is 4.56. The third-order valence-corrected chi connectivity index (χ3v) is 2.08. The van der Waals surface area contributed by atoms with Crippen LogP contribution in [0.4, 0.5) is 5.82 Å². The molecule has 4 nitrogen and oxygen atoms in total. The van der Waals surface area contributed by atoms with Crippen molar-refractivity contribution in [3.63, 3.8) is 0 Å². The van der Waals surface area contributed by atoms with Crippen LogP contribution in [0.1, 0.15) is 20.8 Å². The van der Waals surface area contributed by atoms with Crippen LogP contribution in [0.15, 0.2) is 0 Å². The molecule has 0 saturated heterocycles. The first kappa shape index (κ1) is 12.5. The standard InChI is InChI=1S/C9H14Cl2N4/c1-9(2,3)5-15(4)7-6(10)13-14-8(11)12-7/h5H2,1-4H3. The van der Waals surface area contributed by atoms with E-state index in [9.17, 15) is 0 Å². The molecule has 1 heterocycles. The molecule has 0 atom stereocenters. The number of halogens is 2. The molecule has 0 spiro atoms. The molecule has 0 fully saturated rings. The van der Waals surface area contributed by atoms with Crippen LogP contribution >= 0.6 is 23.2 Å². The molecular formula is C9H14Cl2N4. The molecule has 0 amide bonds. The molecule has 1 aromatic heterocycles. The van der Waals surface area contributed by atoms with Gasteiger partial charge in [0.25, 0.3) is 0 Å². The highest BCUT2D eigenvalue weighted by molar-refractivity contribution is 6.32. The van der Waals surface area contributed by atoms with Gasteiger partial charge in [-0.1, -0.05) is 32.4 Å². The van der Waals surface area contributed by atoms with Gasteiger partial charge < -0.3 is 4.90 Å².